The number of benzene rings is 1. The number of hydrogen-bond donors (Lipinski definition) is 2. The van der Waals surface area contributed by atoms with Gasteiger partial charge in [-0.25, -0.2) is 4.99 Å². The molecular formula is C20H30N4O2. The molecule has 1 amide bonds. The molecule has 1 heterocycles. The number of hydrogen-bond acceptors (Lipinski definition) is 3. The van der Waals surface area contributed by atoms with Crippen molar-refractivity contribution in [3.63, 3.8) is 0 Å². The quantitative estimate of drug-likeness (QED) is 0.604. The van der Waals surface area contributed by atoms with Gasteiger partial charge in [-0.2, -0.15) is 0 Å². The van der Waals surface area contributed by atoms with Crippen LogP contribution in [-0.4, -0.2) is 50.1 Å². The molecular weight excluding hydrogens is 328 g/mol. The molecule has 142 valence electrons. The van der Waals surface area contributed by atoms with Gasteiger partial charge in [-0.1, -0.05) is 18.6 Å². The lowest BCUT2D eigenvalue weighted by atomic mass is 9.68. The largest absolute Gasteiger partial charge is 0.497 e. The number of carbonyl (C=O) groups is 1. The first-order valence-corrected chi connectivity index (χ1v) is 9.57. The van der Waals surface area contributed by atoms with Gasteiger partial charge in [0, 0.05) is 26.2 Å². The maximum absolute atomic E-state index is 12.2. The number of rotatable bonds is 6. The molecule has 3 rings (SSSR count). The van der Waals surface area contributed by atoms with Crippen LogP contribution in [0.25, 0.3) is 0 Å². The maximum atomic E-state index is 12.2. The smallest absolute Gasteiger partial charge is 0.242 e. The second-order valence-corrected chi connectivity index (χ2v) is 7.32. The lowest BCUT2D eigenvalue weighted by Gasteiger charge is -2.38. The summed E-state index contributed by atoms with van der Waals surface area (Å²) in [6, 6.07) is 7.70. The van der Waals surface area contributed by atoms with Crippen molar-refractivity contribution in [2.75, 3.05) is 33.3 Å². The van der Waals surface area contributed by atoms with Gasteiger partial charge in [-0.15, -0.1) is 0 Å². The fourth-order valence-electron chi connectivity index (χ4n) is 3.77. The highest BCUT2D eigenvalue weighted by molar-refractivity contribution is 5.85. The van der Waals surface area contributed by atoms with Crippen molar-refractivity contribution in [1.29, 1.82) is 0 Å². The molecule has 0 radical (unpaired) electrons. The molecule has 1 aliphatic heterocycles. The fourth-order valence-corrected chi connectivity index (χ4v) is 3.77. The van der Waals surface area contributed by atoms with Crippen LogP contribution >= 0.6 is 0 Å². The molecule has 2 aliphatic rings. The van der Waals surface area contributed by atoms with E-state index in [0.717, 1.165) is 36.9 Å². The van der Waals surface area contributed by atoms with Gasteiger partial charge in [0.25, 0.3) is 0 Å². The average Bonchev–Trinajstić information content (AvgIpc) is 3.10. The van der Waals surface area contributed by atoms with Crippen LogP contribution in [0.4, 0.5) is 0 Å². The van der Waals surface area contributed by atoms with Crippen molar-refractivity contribution in [3.8, 4) is 5.75 Å². The Morgan fingerprint density at radius 1 is 1.23 bits per heavy atom. The van der Waals surface area contributed by atoms with Gasteiger partial charge in [0.05, 0.1) is 7.11 Å². The summed E-state index contributed by atoms with van der Waals surface area (Å²) in [7, 11) is 1.64. The Kier molecular flexibility index (Phi) is 6.01. The van der Waals surface area contributed by atoms with E-state index in [0.29, 0.717) is 12.0 Å². The molecule has 6 heteroatoms. The van der Waals surface area contributed by atoms with Crippen molar-refractivity contribution in [1.82, 2.24) is 15.5 Å². The van der Waals surface area contributed by atoms with Crippen LogP contribution < -0.4 is 15.4 Å². The fraction of sp³-hybridized carbons (Fsp3) is 0.600. The number of likely N-dealkylation sites (tertiary alicyclic amines) is 1. The van der Waals surface area contributed by atoms with E-state index in [1.165, 1.54) is 25.7 Å². The summed E-state index contributed by atoms with van der Waals surface area (Å²) in [5, 5.41) is 6.26. The molecule has 26 heavy (non-hydrogen) atoms. The van der Waals surface area contributed by atoms with Gasteiger partial charge in [-0.05, 0) is 49.3 Å². The van der Waals surface area contributed by atoms with Gasteiger partial charge in [-0.3, -0.25) is 4.79 Å². The zero-order chi connectivity index (χ0) is 18.4. The van der Waals surface area contributed by atoms with E-state index in [4.69, 9.17) is 4.74 Å². The third-order valence-corrected chi connectivity index (χ3v) is 5.51. The molecule has 1 aromatic carbocycles. The Hall–Kier alpha value is -2.24. The van der Waals surface area contributed by atoms with E-state index in [1.807, 2.05) is 24.3 Å². The molecule has 0 bridgehead atoms. The first kappa shape index (κ1) is 18.5. The SMILES string of the molecule is CCNC(=NCC(=O)NCc1ccc(OC)cc1)N1CCC2(CCC2)C1. The van der Waals surface area contributed by atoms with Gasteiger partial charge < -0.3 is 20.3 Å². The molecule has 0 unspecified atom stereocenters. The first-order valence-electron chi connectivity index (χ1n) is 9.57. The zero-order valence-corrected chi connectivity index (χ0v) is 15.9. The van der Waals surface area contributed by atoms with Crippen LogP contribution in [0.5, 0.6) is 5.75 Å². The minimum Gasteiger partial charge on any atom is -0.497 e. The molecule has 1 spiro atoms. The van der Waals surface area contributed by atoms with Crippen LogP contribution in [0.15, 0.2) is 29.3 Å². The van der Waals surface area contributed by atoms with Crippen LogP contribution in [0.1, 0.15) is 38.2 Å². The molecule has 2 fully saturated rings. The Balaban J connectivity index is 1.49. The summed E-state index contributed by atoms with van der Waals surface area (Å²) in [5.74, 6) is 1.62. The zero-order valence-electron chi connectivity index (χ0n) is 15.9. The third kappa shape index (κ3) is 4.48. The van der Waals surface area contributed by atoms with E-state index >= 15 is 0 Å². The third-order valence-electron chi connectivity index (χ3n) is 5.51. The number of aliphatic imine (C=N–C) groups is 1. The van der Waals surface area contributed by atoms with Crippen molar-refractivity contribution in [2.45, 2.75) is 39.2 Å². The van der Waals surface area contributed by atoms with Crippen molar-refractivity contribution >= 4 is 11.9 Å². The highest BCUT2D eigenvalue weighted by Gasteiger charge is 2.43. The van der Waals surface area contributed by atoms with Crippen LogP contribution in [0.3, 0.4) is 0 Å². The normalized spacial score (nSPS) is 18.5. The number of nitrogens with zero attached hydrogens (tertiary/aromatic N) is 2. The number of nitrogens with one attached hydrogen (secondary N) is 2. The minimum atomic E-state index is -0.0613. The standard InChI is InChI=1S/C20H30N4O2/c1-3-21-19(24-12-11-20(15-24)9-4-10-20)23-14-18(25)22-13-16-5-7-17(26-2)8-6-16/h5-8H,3-4,9-15H2,1-2H3,(H,21,23)(H,22,25). The number of methoxy groups -OCH3 is 1. The molecule has 0 atom stereocenters. The molecule has 2 N–H and O–H groups in total. The van der Waals surface area contributed by atoms with Crippen molar-refractivity contribution < 1.29 is 9.53 Å². The molecule has 0 aromatic heterocycles. The topological polar surface area (TPSA) is 66.0 Å². The van der Waals surface area contributed by atoms with E-state index in [1.54, 1.807) is 7.11 Å². The molecule has 6 nitrogen and oxygen atoms in total. The van der Waals surface area contributed by atoms with Gasteiger partial charge >= 0.3 is 0 Å². The number of carbonyl (C=O) groups excluding carboxylic acids is 1. The number of guanidine groups is 1. The molecule has 1 saturated heterocycles. The van der Waals surface area contributed by atoms with E-state index in [2.05, 4.69) is 27.4 Å². The van der Waals surface area contributed by atoms with E-state index in [-0.39, 0.29) is 12.5 Å². The van der Waals surface area contributed by atoms with E-state index in [9.17, 15) is 4.79 Å². The summed E-state index contributed by atoms with van der Waals surface area (Å²) in [6.07, 6.45) is 5.28. The predicted octanol–water partition coefficient (Wildman–Crippen LogP) is 2.15. The van der Waals surface area contributed by atoms with Crippen LogP contribution in [-0.2, 0) is 11.3 Å². The molecule has 1 saturated carbocycles. The van der Waals surface area contributed by atoms with Crippen molar-refractivity contribution in [3.05, 3.63) is 29.8 Å². The lowest BCUT2D eigenvalue weighted by molar-refractivity contribution is -0.119. The number of amides is 1. The van der Waals surface area contributed by atoms with E-state index < -0.39 is 0 Å². The monoisotopic (exact) mass is 358 g/mol. The highest BCUT2D eigenvalue weighted by atomic mass is 16.5. The van der Waals surface area contributed by atoms with Gasteiger partial charge in [0.15, 0.2) is 5.96 Å². The van der Waals surface area contributed by atoms with Crippen LogP contribution in [0, 0.1) is 5.41 Å². The lowest BCUT2D eigenvalue weighted by Crippen LogP contribution is -2.43. The molecule has 1 aliphatic carbocycles. The first-order chi connectivity index (χ1) is 12.6. The molecule has 1 aromatic rings. The second-order valence-electron chi connectivity index (χ2n) is 7.32. The highest BCUT2D eigenvalue weighted by Crippen LogP contribution is 2.47. The van der Waals surface area contributed by atoms with Gasteiger partial charge in [0.2, 0.25) is 5.91 Å². The second kappa shape index (κ2) is 8.43. The Morgan fingerprint density at radius 2 is 2.00 bits per heavy atom. The van der Waals surface area contributed by atoms with Gasteiger partial charge in [0.1, 0.15) is 12.3 Å². The predicted molar refractivity (Wildman–Crippen MR) is 103 cm³/mol. The summed E-state index contributed by atoms with van der Waals surface area (Å²) in [5.41, 5.74) is 1.56. The van der Waals surface area contributed by atoms with Crippen LogP contribution in [0.2, 0.25) is 0 Å². The maximum Gasteiger partial charge on any atom is 0.242 e. The Morgan fingerprint density at radius 3 is 2.58 bits per heavy atom. The van der Waals surface area contributed by atoms with Crippen molar-refractivity contribution in [2.24, 2.45) is 10.4 Å². The Labute approximate surface area is 156 Å². The average molecular weight is 358 g/mol. The number of ether oxygens (including phenoxy) is 1. The minimum absolute atomic E-state index is 0.0613. The summed E-state index contributed by atoms with van der Waals surface area (Å²) in [4.78, 5) is 19.0. The summed E-state index contributed by atoms with van der Waals surface area (Å²) < 4.78 is 5.14. The summed E-state index contributed by atoms with van der Waals surface area (Å²) in [6.45, 7) is 5.65. The summed E-state index contributed by atoms with van der Waals surface area (Å²) >= 11 is 0. The Bertz CT molecular complexity index is 638.